The summed E-state index contributed by atoms with van der Waals surface area (Å²) in [5.74, 6) is -0.241. The first-order valence-electron chi connectivity index (χ1n) is 6.63. The maximum absolute atomic E-state index is 12.0. The molecule has 20 heavy (non-hydrogen) atoms. The van der Waals surface area contributed by atoms with Crippen LogP contribution in [0.25, 0.3) is 0 Å². The second-order valence-corrected chi connectivity index (χ2v) is 5.79. The molecule has 1 atom stereocenters. The highest BCUT2D eigenvalue weighted by Gasteiger charge is 2.31. The third-order valence-electron chi connectivity index (χ3n) is 2.77. The molecule has 0 spiro atoms. The molecule has 1 N–H and O–H groups in total. The third kappa shape index (κ3) is 5.47. The van der Waals surface area contributed by atoms with Crippen LogP contribution in [-0.4, -0.2) is 34.3 Å². The summed E-state index contributed by atoms with van der Waals surface area (Å²) < 4.78 is 17.2. The molecule has 0 radical (unpaired) electrons. The number of nitrogens with zero attached hydrogens (tertiary/aromatic N) is 1. The van der Waals surface area contributed by atoms with E-state index in [9.17, 15) is 9.18 Å². The van der Waals surface area contributed by atoms with E-state index in [2.05, 4.69) is 0 Å². The minimum absolute atomic E-state index is 0.0893. The van der Waals surface area contributed by atoms with Gasteiger partial charge >= 0.3 is 6.09 Å². The van der Waals surface area contributed by atoms with Crippen LogP contribution in [0.3, 0.4) is 0 Å². The van der Waals surface area contributed by atoms with E-state index in [-0.39, 0.29) is 23.3 Å². The summed E-state index contributed by atoms with van der Waals surface area (Å²) in [6.45, 7) is 8.53. The molecule has 0 saturated carbocycles. The van der Waals surface area contributed by atoms with Crippen molar-refractivity contribution in [1.82, 2.24) is 4.90 Å². The van der Waals surface area contributed by atoms with Gasteiger partial charge in [-0.25, -0.2) is 9.18 Å². The minimum Gasteiger partial charge on any atom is -0.508 e. The number of likely N-dealkylation sites (tertiary alicyclic amines) is 1. The number of phenols is 1. The molecular weight excluding hydrogens is 261 g/mol. The molecule has 1 fully saturated rings. The molecule has 0 aliphatic carbocycles. The number of hydrogen-bond acceptors (Lipinski definition) is 3. The van der Waals surface area contributed by atoms with Gasteiger partial charge in [-0.15, -0.1) is 0 Å². The van der Waals surface area contributed by atoms with E-state index >= 15 is 0 Å². The Morgan fingerprint density at radius 2 is 1.90 bits per heavy atom. The fourth-order valence-corrected chi connectivity index (χ4v) is 1.55. The lowest BCUT2D eigenvalue weighted by Gasteiger charge is -2.39. The zero-order chi connectivity index (χ0) is 15.3. The highest BCUT2D eigenvalue weighted by atomic mass is 19.1. The highest BCUT2D eigenvalue weighted by Crippen LogP contribution is 2.20. The predicted octanol–water partition coefficient (Wildman–Crippen LogP) is 3.55. The van der Waals surface area contributed by atoms with Crippen LogP contribution in [-0.2, 0) is 4.74 Å². The quantitative estimate of drug-likeness (QED) is 0.792. The van der Waals surface area contributed by atoms with Gasteiger partial charge < -0.3 is 14.7 Å². The fraction of sp³-hybridized carbons (Fsp3) is 0.533. The Balaban J connectivity index is 0.000000217. The Morgan fingerprint density at radius 3 is 2.20 bits per heavy atom. The van der Waals surface area contributed by atoms with E-state index in [1.54, 1.807) is 4.90 Å². The normalized spacial score (nSPS) is 17.6. The summed E-state index contributed by atoms with van der Waals surface area (Å²) in [7, 11) is 0. The first-order chi connectivity index (χ1) is 9.19. The van der Waals surface area contributed by atoms with Crippen molar-refractivity contribution in [3.05, 3.63) is 30.1 Å². The molecule has 2 rings (SSSR count). The van der Waals surface area contributed by atoms with Gasteiger partial charge in [0, 0.05) is 12.6 Å². The van der Waals surface area contributed by atoms with Crippen molar-refractivity contribution >= 4 is 6.09 Å². The largest absolute Gasteiger partial charge is 0.508 e. The molecule has 5 heteroatoms. The Hall–Kier alpha value is -1.78. The standard InChI is InChI=1S/C9H17NO2.C6H5FO/c1-7-5-6-10(7)8(11)12-9(2,3)4;7-5-1-3-6(8)4-2-5/h7H,5-6H2,1-4H3;1-4,8H/t7-;/m1./s1. The number of carbonyl (C=O) groups excluding carboxylic acids is 1. The summed E-state index contributed by atoms with van der Waals surface area (Å²) in [6, 6.07) is 5.37. The predicted molar refractivity (Wildman–Crippen MR) is 75.1 cm³/mol. The summed E-state index contributed by atoms with van der Waals surface area (Å²) in [5.41, 5.74) is -0.369. The highest BCUT2D eigenvalue weighted by molar-refractivity contribution is 5.69. The van der Waals surface area contributed by atoms with Crippen LogP contribution < -0.4 is 0 Å². The topological polar surface area (TPSA) is 49.8 Å². The number of benzene rings is 1. The van der Waals surface area contributed by atoms with Gasteiger partial charge in [-0.05, 0) is 58.4 Å². The minimum atomic E-state index is -0.369. The van der Waals surface area contributed by atoms with Crippen LogP contribution in [0, 0.1) is 5.82 Å². The molecule has 1 aromatic carbocycles. The number of carbonyl (C=O) groups is 1. The zero-order valence-electron chi connectivity index (χ0n) is 12.4. The number of ether oxygens (including phenoxy) is 1. The van der Waals surface area contributed by atoms with Crippen molar-refractivity contribution in [2.45, 2.75) is 45.8 Å². The molecule has 1 aromatic rings. The van der Waals surface area contributed by atoms with E-state index in [1.807, 2.05) is 27.7 Å². The number of rotatable bonds is 0. The summed E-state index contributed by atoms with van der Waals surface area (Å²) in [4.78, 5) is 13.1. The Kier molecular flexibility index (Phi) is 5.36. The van der Waals surface area contributed by atoms with Crippen molar-refractivity contribution in [2.24, 2.45) is 0 Å². The number of phenolic OH excluding ortho intramolecular Hbond substituents is 1. The number of aromatic hydroxyl groups is 1. The van der Waals surface area contributed by atoms with Gasteiger partial charge in [0.15, 0.2) is 0 Å². The van der Waals surface area contributed by atoms with E-state index in [0.29, 0.717) is 6.04 Å². The molecule has 4 nitrogen and oxygen atoms in total. The molecule has 1 amide bonds. The fourth-order valence-electron chi connectivity index (χ4n) is 1.55. The Labute approximate surface area is 119 Å². The molecule has 1 heterocycles. The van der Waals surface area contributed by atoms with Crippen LogP contribution in [0.15, 0.2) is 24.3 Å². The average Bonchev–Trinajstić information content (AvgIpc) is 2.29. The van der Waals surface area contributed by atoms with Crippen molar-refractivity contribution in [3.63, 3.8) is 0 Å². The van der Waals surface area contributed by atoms with Crippen LogP contribution in [0.2, 0.25) is 0 Å². The monoisotopic (exact) mass is 283 g/mol. The smallest absolute Gasteiger partial charge is 0.410 e. The first kappa shape index (κ1) is 16.3. The van der Waals surface area contributed by atoms with Gasteiger partial charge in [0.1, 0.15) is 17.2 Å². The Morgan fingerprint density at radius 1 is 1.35 bits per heavy atom. The van der Waals surface area contributed by atoms with E-state index in [0.717, 1.165) is 13.0 Å². The van der Waals surface area contributed by atoms with E-state index in [4.69, 9.17) is 9.84 Å². The second-order valence-electron chi connectivity index (χ2n) is 5.79. The van der Waals surface area contributed by atoms with E-state index < -0.39 is 0 Å². The summed E-state index contributed by atoms with van der Waals surface area (Å²) in [6.07, 6.45) is 0.917. The lowest BCUT2D eigenvalue weighted by atomic mass is 10.1. The lowest BCUT2D eigenvalue weighted by molar-refractivity contribution is -0.00172. The molecule has 0 aromatic heterocycles. The molecule has 0 bridgehead atoms. The first-order valence-corrected chi connectivity index (χ1v) is 6.63. The molecule has 1 aliphatic heterocycles. The zero-order valence-corrected chi connectivity index (χ0v) is 12.4. The number of amides is 1. The maximum Gasteiger partial charge on any atom is 0.410 e. The summed E-state index contributed by atoms with van der Waals surface area (Å²) in [5, 5.41) is 8.59. The van der Waals surface area contributed by atoms with Crippen molar-refractivity contribution in [3.8, 4) is 5.75 Å². The van der Waals surface area contributed by atoms with Gasteiger partial charge in [0.05, 0.1) is 0 Å². The van der Waals surface area contributed by atoms with Crippen molar-refractivity contribution < 1.29 is 19.0 Å². The molecule has 1 aliphatic rings. The van der Waals surface area contributed by atoms with Crippen LogP contribution in [0.4, 0.5) is 9.18 Å². The molecule has 0 unspecified atom stereocenters. The second kappa shape index (κ2) is 6.59. The summed E-state index contributed by atoms with van der Waals surface area (Å²) >= 11 is 0. The van der Waals surface area contributed by atoms with Gasteiger partial charge in [0.2, 0.25) is 0 Å². The van der Waals surface area contributed by atoms with Gasteiger partial charge in [-0.1, -0.05) is 0 Å². The van der Waals surface area contributed by atoms with Gasteiger partial charge in [-0.3, -0.25) is 0 Å². The van der Waals surface area contributed by atoms with Crippen molar-refractivity contribution in [2.75, 3.05) is 6.54 Å². The van der Waals surface area contributed by atoms with Gasteiger partial charge in [0.25, 0.3) is 0 Å². The molecule has 1 saturated heterocycles. The van der Waals surface area contributed by atoms with Crippen molar-refractivity contribution in [1.29, 1.82) is 0 Å². The molecular formula is C15H22FNO3. The maximum atomic E-state index is 12.0. The van der Waals surface area contributed by atoms with E-state index in [1.165, 1.54) is 24.3 Å². The van der Waals surface area contributed by atoms with Crippen LogP contribution >= 0.6 is 0 Å². The SMILES string of the molecule is C[C@@H]1CCN1C(=O)OC(C)(C)C.Oc1ccc(F)cc1. The molecule has 112 valence electrons. The number of halogens is 1. The average molecular weight is 283 g/mol. The lowest BCUT2D eigenvalue weighted by Crippen LogP contribution is -2.51. The third-order valence-corrected chi connectivity index (χ3v) is 2.77. The van der Waals surface area contributed by atoms with Crippen LogP contribution in [0.5, 0.6) is 5.75 Å². The van der Waals surface area contributed by atoms with Gasteiger partial charge in [-0.2, -0.15) is 0 Å². The number of hydrogen-bond donors (Lipinski definition) is 1. The van der Waals surface area contributed by atoms with Crippen LogP contribution in [0.1, 0.15) is 34.1 Å². The Bertz CT molecular complexity index is 418.